The van der Waals surface area contributed by atoms with Crippen LogP contribution in [0.25, 0.3) is 0 Å². The molecule has 0 amide bonds. The summed E-state index contributed by atoms with van der Waals surface area (Å²) in [6, 6.07) is 0. The van der Waals surface area contributed by atoms with Crippen LogP contribution in [0.15, 0.2) is 11.8 Å². The maximum atomic E-state index is 12.2. The molecule has 33 heavy (non-hydrogen) atoms. The van der Waals surface area contributed by atoms with Gasteiger partial charge in [0.25, 0.3) is 0 Å². The number of epoxide rings is 1. The van der Waals surface area contributed by atoms with Gasteiger partial charge in [-0.15, -0.1) is 0 Å². The third-order valence-corrected chi connectivity index (χ3v) is 6.75. The van der Waals surface area contributed by atoms with Crippen LogP contribution in [0.2, 0.25) is 0 Å². The van der Waals surface area contributed by atoms with Gasteiger partial charge in [0.1, 0.15) is 36.1 Å². The van der Waals surface area contributed by atoms with E-state index in [2.05, 4.69) is 0 Å². The van der Waals surface area contributed by atoms with Crippen LogP contribution in [0.1, 0.15) is 20.3 Å². The Morgan fingerprint density at radius 2 is 1.85 bits per heavy atom. The number of esters is 1. The Morgan fingerprint density at radius 3 is 2.48 bits per heavy atom. The van der Waals surface area contributed by atoms with E-state index in [9.17, 15) is 35.4 Å². The summed E-state index contributed by atoms with van der Waals surface area (Å²) in [4.78, 5) is 12.2. The summed E-state index contributed by atoms with van der Waals surface area (Å²) in [6.45, 7) is 2.33. The lowest BCUT2D eigenvalue weighted by Gasteiger charge is -2.42. The maximum absolute atomic E-state index is 12.2. The van der Waals surface area contributed by atoms with Crippen molar-refractivity contribution >= 4 is 5.97 Å². The van der Waals surface area contributed by atoms with Gasteiger partial charge in [-0.25, -0.2) is 0 Å². The van der Waals surface area contributed by atoms with E-state index in [4.69, 9.17) is 23.7 Å². The molecular weight excluding hydrogens is 444 g/mol. The average Bonchev–Trinajstić information content (AvgIpc) is 3.53. The first-order valence-corrected chi connectivity index (χ1v) is 11.1. The Labute approximate surface area is 190 Å². The summed E-state index contributed by atoms with van der Waals surface area (Å²) in [5, 5.41) is 60.4. The van der Waals surface area contributed by atoms with Gasteiger partial charge in [-0.1, -0.05) is 13.8 Å². The molecule has 0 aromatic heterocycles. The molecule has 0 aromatic rings. The number of aliphatic hydroxyl groups is 6. The fraction of sp³-hybridized carbons (Fsp3) is 0.857. The largest absolute Gasteiger partial charge is 0.462 e. The molecule has 3 aliphatic heterocycles. The monoisotopic (exact) mass is 476 g/mol. The number of fused-ring (bicyclic) bond motifs is 3. The minimum atomic E-state index is -1.69. The number of aliphatic hydroxyl groups excluding tert-OH is 5. The van der Waals surface area contributed by atoms with Gasteiger partial charge in [0.2, 0.25) is 6.29 Å². The average molecular weight is 476 g/mol. The van der Waals surface area contributed by atoms with Crippen LogP contribution in [0, 0.1) is 17.8 Å². The fourth-order valence-electron chi connectivity index (χ4n) is 4.99. The molecule has 3 heterocycles. The lowest BCUT2D eigenvalue weighted by Crippen LogP contribution is -2.59. The molecule has 0 radical (unpaired) electrons. The van der Waals surface area contributed by atoms with Crippen LogP contribution in [0.5, 0.6) is 0 Å². The Balaban J connectivity index is 1.49. The molecule has 6 N–H and O–H groups in total. The summed E-state index contributed by atoms with van der Waals surface area (Å²) in [7, 11) is 0. The number of hydrogen-bond donors (Lipinski definition) is 6. The lowest BCUT2D eigenvalue weighted by atomic mass is 9.79. The molecule has 0 unspecified atom stereocenters. The second-order valence-electron chi connectivity index (χ2n) is 9.52. The van der Waals surface area contributed by atoms with Gasteiger partial charge in [-0.05, 0) is 11.5 Å². The minimum Gasteiger partial charge on any atom is -0.462 e. The zero-order valence-electron chi connectivity index (χ0n) is 18.4. The summed E-state index contributed by atoms with van der Waals surface area (Å²) in [6.07, 6.45) is -7.90. The van der Waals surface area contributed by atoms with Crippen molar-refractivity contribution in [3.8, 4) is 0 Å². The highest BCUT2D eigenvalue weighted by Gasteiger charge is 2.74. The van der Waals surface area contributed by atoms with Crippen LogP contribution in [0.4, 0.5) is 0 Å². The topological polar surface area (TPSA) is 188 Å². The molecule has 4 aliphatic rings. The van der Waals surface area contributed by atoms with Crippen molar-refractivity contribution in [3.05, 3.63) is 11.8 Å². The highest BCUT2D eigenvalue weighted by Crippen LogP contribution is 2.58. The van der Waals surface area contributed by atoms with Gasteiger partial charge in [-0.3, -0.25) is 4.79 Å². The molecule has 11 atom stereocenters. The molecular formula is C21H32O12. The second kappa shape index (κ2) is 9.36. The number of carbonyl (C=O) groups excluding carboxylic acids is 1. The van der Waals surface area contributed by atoms with Crippen LogP contribution in [-0.4, -0.2) is 111 Å². The van der Waals surface area contributed by atoms with E-state index in [1.165, 1.54) is 6.26 Å². The van der Waals surface area contributed by atoms with Crippen molar-refractivity contribution in [2.24, 2.45) is 17.8 Å². The molecule has 188 valence electrons. The van der Waals surface area contributed by atoms with Crippen molar-refractivity contribution < 1.29 is 59.1 Å². The van der Waals surface area contributed by atoms with Crippen LogP contribution >= 0.6 is 0 Å². The van der Waals surface area contributed by atoms with Gasteiger partial charge < -0.3 is 54.3 Å². The molecule has 0 spiro atoms. The molecule has 1 aliphatic carbocycles. The Morgan fingerprint density at radius 1 is 1.12 bits per heavy atom. The van der Waals surface area contributed by atoms with Crippen molar-refractivity contribution in [2.75, 3.05) is 19.8 Å². The zero-order chi connectivity index (χ0) is 24.1. The fourth-order valence-corrected chi connectivity index (χ4v) is 4.99. The number of carbonyl (C=O) groups is 1. The summed E-state index contributed by atoms with van der Waals surface area (Å²) in [5.41, 5.74) is -1.19. The smallest absolute Gasteiger partial charge is 0.309 e. The first kappa shape index (κ1) is 24.8. The Kier molecular flexibility index (Phi) is 7.03. The van der Waals surface area contributed by atoms with Gasteiger partial charge >= 0.3 is 5.97 Å². The van der Waals surface area contributed by atoms with E-state index in [0.717, 1.165) is 0 Å². The van der Waals surface area contributed by atoms with Gasteiger partial charge in [0, 0.05) is 12.3 Å². The highest BCUT2D eigenvalue weighted by atomic mass is 16.7. The van der Waals surface area contributed by atoms with E-state index in [0.29, 0.717) is 5.57 Å². The second-order valence-corrected chi connectivity index (χ2v) is 9.52. The first-order valence-electron chi connectivity index (χ1n) is 11.1. The quantitative estimate of drug-likeness (QED) is 0.158. The molecule has 4 rings (SSSR count). The molecule has 12 nitrogen and oxygen atoms in total. The standard InChI is InChI=1S/C21H32O12/c1-8(2)3-11(24)32-19-13-12(17-18(33-17)21(13,28)7-23)9(5-29-19)6-30-20-16(27)15(26)14(25)10(4-22)31-20/h5,8,10,12-20,22-23,25-28H,3-4,6-7H2,1-2H3/t10-,12-,13-,14-,15+,16-,17+,18-,19+,20-,21-/m1/s1. The van der Waals surface area contributed by atoms with Crippen LogP contribution < -0.4 is 0 Å². The normalized spacial score (nSPS) is 46.3. The van der Waals surface area contributed by atoms with Crippen LogP contribution in [-0.2, 0) is 28.5 Å². The SMILES string of the molecule is CC(C)CC(=O)O[C@@H]1OC=C(CO[C@@H]2O[C@H](CO)[C@@H](O)[C@H](O)[C@H]2O)[C@H]2[C@@H]3O[C@H]3[C@@](O)(CO)[C@@H]12. The lowest BCUT2D eigenvalue weighted by molar-refractivity contribution is -0.300. The third-order valence-electron chi connectivity index (χ3n) is 6.75. The van der Waals surface area contributed by atoms with E-state index in [1.54, 1.807) is 0 Å². The van der Waals surface area contributed by atoms with Crippen LogP contribution in [0.3, 0.4) is 0 Å². The number of rotatable bonds is 8. The molecule has 0 aromatic carbocycles. The summed E-state index contributed by atoms with van der Waals surface area (Å²) >= 11 is 0. The Hall–Kier alpha value is -1.35. The minimum absolute atomic E-state index is 0.0620. The third kappa shape index (κ3) is 4.40. The van der Waals surface area contributed by atoms with Crippen molar-refractivity contribution in [2.45, 2.75) is 75.1 Å². The van der Waals surface area contributed by atoms with Gasteiger partial charge in [0.05, 0.1) is 38.1 Å². The van der Waals surface area contributed by atoms with E-state index in [1.807, 2.05) is 13.8 Å². The first-order chi connectivity index (χ1) is 15.6. The predicted molar refractivity (Wildman–Crippen MR) is 106 cm³/mol. The van der Waals surface area contributed by atoms with Crippen molar-refractivity contribution in [1.29, 1.82) is 0 Å². The van der Waals surface area contributed by atoms with Gasteiger partial charge in [0.15, 0.2) is 6.29 Å². The summed E-state index contributed by atoms with van der Waals surface area (Å²) < 4.78 is 27.6. The van der Waals surface area contributed by atoms with E-state index >= 15 is 0 Å². The van der Waals surface area contributed by atoms with E-state index < -0.39 is 85.8 Å². The predicted octanol–water partition coefficient (Wildman–Crippen LogP) is -2.63. The molecule has 1 saturated carbocycles. The number of ether oxygens (including phenoxy) is 5. The van der Waals surface area contributed by atoms with Crippen molar-refractivity contribution in [3.63, 3.8) is 0 Å². The zero-order valence-corrected chi connectivity index (χ0v) is 18.4. The van der Waals surface area contributed by atoms with E-state index in [-0.39, 0.29) is 18.9 Å². The number of hydrogen-bond acceptors (Lipinski definition) is 12. The maximum Gasteiger partial charge on any atom is 0.309 e. The van der Waals surface area contributed by atoms with Crippen molar-refractivity contribution in [1.82, 2.24) is 0 Å². The van der Waals surface area contributed by atoms with Gasteiger partial charge in [-0.2, -0.15) is 0 Å². The highest BCUT2D eigenvalue weighted by molar-refractivity contribution is 5.69. The summed E-state index contributed by atoms with van der Waals surface area (Å²) in [5.74, 6) is -1.76. The molecule has 3 fully saturated rings. The Bertz CT molecular complexity index is 756. The molecule has 0 bridgehead atoms. The molecule has 2 saturated heterocycles. The molecule has 12 heteroatoms.